The average molecular weight is 392 g/mol. The van der Waals surface area contributed by atoms with Crippen molar-refractivity contribution in [2.24, 2.45) is 13.0 Å². The zero-order valence-electron chi connectivity index (χ0n) is 15.7. The van der Waals surface area contributed by atoms with Gasteiger partial charge in [-0.25, -0.2) is 4.68 Å². The van der Waals surface area contributed by atoms with Crippen LogP contribution in [0.2, 0.25) is 0 Å². The molecule has 0 radical (unpaired) electrons. The molecule has 142 valence electrons. The lowest BCUT2D eigenvalue weighted by Crippen LogP contribution is -2.24. The first-order valence-corrected chi connectivity index (χ1v) is 9.84. The number of aryl methyl sites for hydroxylation is 1. The zero-order chi connectivity index (χ0) is 20.1. The Bertz CT molecular complexity index is 1120. The molecule has 0 fully saturated rings. The maximum atomic E-state index is 12.7. The van der Waals surface area contributed by atoms with E-state index in [0.29, 0.717) is 27.9 Å². The Hall–Kier alpha value is -3.11. The molecule has 2 aromatic carbocycles. The van der Waals surface area contributed by atoms with E-state index in [-0.39, 0.29) is 23.8 Å². The first kappa shape index (κ1) is 19.6. The van der Waals surface area contributed by atoms with Crippen LogP contribution in [0.25, 0.3) is 10.8 Å². The molecule has 7 heteroatoms. The summed E-state index contributed by atoms with van der Waals surface area (Å²) in [4.78, 5) is 25.8. The molecule has 0 aliphatic rings. The number of hydrogen-bond donors (Lipinski definition) is 1. The predicted octanol–water partition coefficient (Wildman–Crippen LogP) is 3.37. The van der Waals surface area contributed by atoms with Crippen molar-refractivity contribution in [3.05, 3.63) is 64.6 Å². The smallest absolute Gasteiger partial charge is 0.274 e. The number of rotatable bonds is 6. The summed E-state index contributed by atoms with van der Waals surface area (Å²) in [5.41, 5.74) is 1.07. The highest BCUT2D eigenvalue weighted by Crippen LogP contribution is 2.28. The lowest BCUT2D eigenvalue weighted by Gasteiger charge is -2.12. The van der Waals surface area contributed by atoms with Crippen molar-refractivity contribution in [1.82, 2.24) is 9.78 Å². The van der Waals surface area contributed by atoms with Gasteiger partial charge >= 0.3 is 0 Å². The summed E-state index contributed by atoms with van der Waals surface area (Å²) in [6.45, 7) is 1.87. The number of hydrogen-bond acceptors (Lipinski definition) is 5. The summed E-state index contributed by atoms with van der Waals surface area (Å²) in [5, 5.41) is 17.4. The van der Waals surface area contributed by atoms with Crippen LogP contribution in [-0.2, 0) is 18.3 Å². The van der Waals surface area contributed by atoms with Gasteiger partial charge in [0.2, 0.25) is 5.91 Å². The van der Waals surface area contributed by atoms with Gasteiger partial charge < -0.3 is 5.32 Å². The van der Waals surface area contributed by atoms with Crippen LogP contribution in [0.4, 0.5) is 5.69 Å². The number of nitrogens with one attached hydrogen (secondary N) is 1. The van der Waals surface area contributed by atoms with E-state index >= 15 is 0 Å². The van der Waals surface area contributed by atoms with Crippen LogP contribution in [0.3, 0.4) is 0 Å². The number of fused-ring (bicyclic) bond motifs is 1. The molecular formula is C21H20N4O2S. The van der Waals surface area contributed by atoms with Gasteiger partial charge in [0.25, 0.3) is 5.56 Å². The van der Waals surface area contributed by atoms with Crippen LogP contribution >= 0.6 is 11.8 Å². The molecule has 0 unspecified atom stereocenters. The van der Waals surface area contributed by atoms with Gasteiger partial charge in [0.1, 0.15) is 0 Å². The molecule has 0 saturated carbocycles. The van der Waals surface area contributed by atoms with Crippen LogP contribution < -0.4 is 10.9 Å². The fourth-order valence-corrected chi connectivity index (χ4v) is 3.75. The largest absolute Gasteiger partial charge is 0.325 e. The highest BCUT2D eigenvalue weighted by atomic mass is 32.2. The maximum Gasteiger partial charge on any atom is 0.274 e. The number of aromatic nitrogens is 2. The number of amides is 1. The molecule has 1 aromatic heterocycles. The number of nitrogens with zero attached hydrogens (tertiary/aromatic N) is 3. The van der Waals surface area contributed by atoms with Crippen LogP contribution in [0, 0.1) is 17.2 Å². The second-order valence-corrected chi connectivity index (χ2v) is 7.55. The molecule has 3 rings (SSSR count). The summed E-state index contributed by atoms with van der Waals surface area (Å²) in [6.07, 6.45) is 0.0578. The Morgan fingerprint density at radius 2 is 1.89 bits per heavy atom. The Balaban J connectivity index is 1.81. The highest BCUT2D eigenvalue weighted by molar-refractivity contribution is 7.99. The normalized spacial score (nSPS) is 11.8. The van der Waals surface area contributed by atoms with Gasteiger partial charge in [-0.3, -0.25) is 9.59 Å². The fraction of sp³-hybridized carbons (Fsp3) is 0.238. The molecule has 1 amide bonds. The molecule has 0 saturated heterocycles. The first-order valence-electron chi connectivity index (χ1n) is 8.86. The van der Waals surface area contributed by atoms with E-state index in [1.807, 2.05) is 37.3 Å². The summed E-state index contributed by atoms with van der Waals surface area (Å²) in [7, 11) is 1.58. The average Bonchev–Trinajstić information content (AvgIpc) is 2.71. The molecule has 3 aromatic rings. The van der Waals surface area contributed by atoms with Gasteiger partial charge in [0.05, 0.1) is 35.2 Å². The van der Waals surface area contributed by atoms with Gasteiger partial charge in [-0.15, -0.1) is 11.8 Å². The molecule has 28 heavy (non-hydrogen) atoms. The number of thioether (sulfide) groups is 1. The quantitative estimate of drug-likeness (QED) is 0.650. The van der Waals surface area contributed by atoms with Crippen LogP contribution in [0.5, 0.6) is 0 Å². The van der Waals surface area contributed by atoms with E-state index in [0.717, 1.165) is 4.90 Å². The van der Waals surface area contributed by atoms with Crippen molar-refractivity contribution >= 4 is 34.1 Å². The van der Waals surface area contributed by atoms with Crippen LogP contribution in [0.1, 0.15) is 12.6 Å². The van der Waals surface area contributed by atoms with Crippen LogP contribution in [-0.4, -0.2) is 21.4 Å². The molecule has 1 heterocycles. The number of anilines is 1. The van der Waals surface area contributed by atoms with Crippen LogP contribution in [0.15, 0.2) is 58.2 Å². The van der Waals surface area contributed by atoms with Crippen molar-refractivity contribution in [3.8, 4) is 6.07 Å². The third-order valence-electron chi connectivity index (χ3n) is 4.23. The highest BCUT2D eigenvalue weighted by Gasteiger charge is 2.14. The Kier molecular flexibility index (Phi) is 6.12. The topological polar surface area (TPSA) is 87.8 Å². The molecule has 6 nitrogen and oxygen atoms in total. The van der Waals surface area contributed by atoms with Crippen molar-refractivity contribution < 1.29 is 4.79 Å². The van der Waals surface area contributed by atoms with E-state index < -0.39 is 0 Å². The minimum atomic E-state index is -0.210. The standard InChI is InChI=1S/C21H20N4O2S/c1-14(12-22)13-28-19-10-6-5-9-17(19)23-20(26)11-18-15-7-3-4-8-16(15)21(27)25(2)24-18/h3-10,14H,11,13H2,1-2H3,(H,23,26)/t14-/m0/s1. The van der Waals surface area contributed by atoms with Gasteiger partial charge in [-0.2, -0.15) is 10.4 Å². The number of benzene rings is 2. The maximum absolute atomic E-state index is 12.7. The predicted molar refractivity (Wildman–Crippen MR) is 111 cm³/mol. The van der Waals surface area contributed by atoms with E-state index in [1.54, 1.807) is 25.2 Å². The van der Waals surface area contributed by atoms with E-state index in [9.17, 15) is 9.59 Å². The first-order chi connectivity index (χ1) is 13.5. The van der Waals surface area contributed by atoms with Gasteiger partial charge in [-0.1, -0.05) is 30.3 Å². The number of carbonyl (C=O) groups is 1. The second kappa shape index (κ2) is 8.72. The van der Waals surface area contributed by atoms with Crippen molar-refractivity contribution in [1.29, 1.82) is 5.26 Å². The summed E-state index contributed by atoms with van der Waals surface area (Å²) in [5.74, 6) is 0.365. The van der Waals surface area contributed by atoms with Crippen molar-refractivity contribution in [3.63, 3.8) is 0 Å². The van der Waals surface area contributed by atoms with Crippen molar-refractivity contribution in [2.45, 2.75) is 18.2 Å². The third-order valence-corrected chi connectivity index (χ3v) is 5.57. The second-order valence-electron chi connectivity index (χ2n) is 6.48. The minimum absolute atomic E-state index is 0.0578. The number of para-hydroxylation sites is 1. The lowest BCUT2D eigenvalue weighted by atomic mass is 10.1. The number of carbonyl (C=O) groups excluding carboxylic acids is 1. The Labute approximate surface area is 167 Å². The SMILES string of the molecule is C[C@@H](C#N)CSc1ccccc1NC(=O)Cc1nn(C)c(=O)c2ccccc12. The Morgan fingerprint density at radius 3 is 2.64 bits per heavy atom. The van der Waals surface area contributed by atoms with E-state index in [4.69, 9.17) is 5.26 Å². The van der Waals surface area contributed by atoms with E-state index in [2.05, 4.69) is 16.5 Å². The Morgan fingerprint density at radius 1 is 1.21 bits per heavy atom. The minimum Gasteiger partial charge on any atom is -0.325 e. The molecule has 1 atom stereocenters. The molecule has 0 bridgehead atoms. The summed E-state index contributed by atoms with van der Waals surface area (Å²) in [6, 6.07) is 16.9. The molecular weight excluding hydrogens is 372 g/mol. The molecule has 1 N–H and O–H groups in total. The molecule has 0 aliphatic heterocycles. The zero-order valence-corrected chi connectivity index (χ0v) is 16.5. The van der Waals surface area contributed by atoms with Gasteiger partial charge in [0, 0.05) is 23.1 Å². The van der Waals surface area contributed by atoms with E-state index in [1.165, 1.54) is 16.4 Å². The monoisotopic (exact) mass is 392 g/mol. The van der Waals surface area contributed by atoms with Gasteiger partial charge in [0.15, 0.2) is 0 Å². The van der Waals surface area contributed by atoms with Crippen molar-refractivity contribution in [2.75, 3.05) is 11.1 Å². The third kappa shape index (κ3) is 4.41. The van der Waals surface area contributed by atoms with Gasteiger partial charge in [-0.05, 0) is 25.1 Å². The fourth-order valence-electron chi connectivity index (χ4n) is 2.80. The molecule has 0 aliphatic carbocycles. The summed E-state index contributed by atoms with van der Waals surface area (Å²) < 4.78 is 1.26. The number of nitriles is 1. The lowest BCUT2D eigenvalue weighted by molar-refractivity contribution is -0.115. The summed E-state index contributed by atoms with van der Waals surface area (Å²) >= 11 is 1.54. The molecule has 0 spiro atoms.